The van der Waals surface area contributed by atoms with Gasteiger partial charge < -0.3 is 14.2 Å². The fourth-order valence-corrected chi connectivity index (χ4v) is 2.20. The van der Waals surface area contributed by atoms with Crippen LogP contribution in [0.1, 0.15) is 12.8 Å². The van der Waals surface area contributed by atoms with E-state index in [-0.39, 0.29) is 29.9 Å². The molecular formula is C8H10O4. The van der Waals surface area contributed by atoms with Crippen molar-refractivity contribution in [2.24, 2.45) is 5.92 Å². The van der Waals surface area contributed by atoms with Crippen LogP contribution in [0.15, 0.2) is 0 Å². The molecule has 4 nitrogen and oxygen atoms in total. The summed E-state index contributed by atoms with van der Waals surface area (Å²) in [5.41, 5.74) is 0. The monoisotopic (exact) mass is 170 g/mol. The Morgan fingerprint density at radius 2 is 2.33 bits per heavy atom. The molecule has 66 valence electrons. The van der Waals surface area contributed by atoms with Gasteiger partial charge in [-0.05, 0) is 12.8 Å². The Hall–Kier alpha value is -0.610. The number of ether oxygens (including phenoxy) is 3. The van der Waals surface area contributed by atoms with Gasteiger partial charge in [0.15, 0.2) is 0 Å². The molecule has 3 aliphatic rings. The van der Waals surface area contributed by atoms with Gasteiger partial charge in [0.05, 0.1) is 13.0 Å². The minimum atomic E-state index is -0.336. The Labute approximate surface area is 69.8 Å². The molecule has 2 saturated heterocycles. The predicted octanol–water partition coefficient (Wildman–Crippen LogP) is 0.0633. The van der Waals surface area contributed by atoms with Crippen LogP contribution in [0.25, 0.3) is 0 Å². The van der Waals surface area contributed by atoms with E-state index >= 15 is 0 Å². The van der Waals surface area contributed by atoms with Gasteiger partial charge in [-0.2, -0.15) is 0 Å². The zero-order valence-corrected chi connectivity index (χ0v) is 6.78. The summed E-state index contributed by atoms with van der Waals surface area (Å²) < 4.78 is 15.4. The van der Waals surface area contributed by atoms with Crippen LogP contribution in [0.2, 0.25) is 0 Å². The predicted molar refractivity (Wildman–Crippen MR) is 37.2 cm³/mol. The third kappa shape index (κ3) is 0.630. The largest absolute Gasteiger partial charge is 0.469 e. The quantitative estimate of drug-likeness (QED) is 0.412. The minimum Gasteiger partial charge on any atom is -0.469 e. The highest BCUT2D eigenvalue weighted by Crippen LogP contribution is 2.63. The van der Waals surface area contributed by atoms with E-state index in [1.807, 2.05) is 0 Å². The zero-order chi connectivity index (χ0) is 8.34. The third-order valence-corrected chi connectivity index (χ3v) is 2.98. The van der Waals surface area contributed by atoms with E-state index in [2.05, 4.69) is 4.74 Å². The summed E-state index contributed by atoms with van der Waals surface area (Å²) in [7, 11) is 1.41. The summed E-state index contributed by atoms with van der Waals surface area (Å²) in [5, 5.41) is 0. The van der Waals surface area contributed by atoms with E-state index in [0.717, 1.165) is 12.8 Å². The van der Waals surface area contributed by atoms with Crippen molar-refractivity contribution < 1.29 is 19.0 Å². The van der Waals surface area contributed by atoms with E-state index in [1.165, 1.54) is 7.11 Å². The molecule has 2 aliphatic heterocycles. The van der Waals surface area contributed by atoms with E-state index in [9.17, 15) is 4.79 Å². The molecule has 12 heavy (non-hydrogen) atoms. The van der Waals surface area contributed by atoms with Crippen LogP contribution in [0, 0.1) is 5.92 Å². The molecule has 0 amide bonds. The zero-order valence-electron chi connectivity index (χ0n) is 6.78. The molecule has 0 radical (unpaired) electrons. The first-order valence-electron chi connectivity index (χ1n) is 4.21. The highest BCUT2D eigenvalue weighted by atomic mass is 16.9. The second kappa shape index (κ2) is 1.83. The van der Waals surface area contributed by atoms with E-state index in [1.54, 1.807) is 0 Å². The fourth-order valence-electron chi connectivity index (χ4n) is 2.20. The van der Waals surface area contributed by atoms with Crippen molar-refractivity contribution in [3.8, 4) is 0 Å². The Bertz CT molecular complexity index is 251. The topological polar surface area (TPSA) is 51.4 Å². The van der Waals surface area contributed by atoms with Crippen molar-refractivity contribution in [3.05, 3.63) is 0 Å². The van der Waals surface area contributed by atoms with Gasteiger partial charge in [0.2, 0.25) is 5.79 Å². The molecule has 0 aromatic rings. The number of rotatable bonds is 1. The van der Waals surface area contributed by atoms with Gasteiger partial charge in [-0.15, -0.1) is 0 Å². The summed E-state index contributed by atoms with van der Waals surface area (Å²) in [4.78, 5) is 11.2. The third-order valence-electron chi connectivity index (χ3n) is 2.98. The summed E-state index contributed by atoms with van der Waals surface area (Å²) in [6.45, 7) is 0. The Kier molecular flexibility index (Phi) is 1.04. The minimum absolute atomic E-state index is 0.0105. The van der Waals surface area contributed by atoms with Crippen molar-refractivity contribution in [2.45, 2.75) is 30.8 Å². The lowest BCUT2D eigenvalue weighted by Gasteiger charge is -2.12. The SMILES string of the molecule is COC(=O)C1CCC2OC23OC13. The lowest BCUT2D eigenvalue weighted by molar-refractivity contribution is -0.146. The first-order chi connectivity index (χ1) is 5.78. The molecule has 4 heteroatoms. The molecule has 1 aliphatic carbocycles. The van der Waals surface area contributed by atoms with Gasteiger partial charge in [-0.25, -0.2) is 0 Å². The number of carbonyl (C=O) groups excluding carboxylic acids is 1. The second-order valence-electron chi connectivity index (χ2n) is 3.57. The molecule has 1 spiro atoms. The van der Waals surface area contributed by atoms with Gasteiger partial charge in [0, 0.05) is 0 Å². The number of esters is 1. The van der Waals surface area contributed by atoms with Gasteiger partial charge in [-0.3, -0.25) is 4.79 Å². The normalized spacial score (nSPS) is 53.6. The summed E-state index contributed by atoms with van der Waals surface area (Å²) in [6.07, 6.45) is 2.02. The van der Waals surface area contributed by atoms with Crippen molar-refractivity contribution in [2.75, 3.05) is 7.11 Å². The fraction of sp³-hybridized carbons (Fsp3) is 0.875. The molecule has 0 bridgehead atoms. The van der Waals surface area contributed by atoms with E-state index < -0.39 is 0 Å². The molecule has 0 aromatic heterocycles. The Balaban J connectivity index is 1.77. The summed E-state index contributed by atoms with van der Waals surface area (Å²) in [6, 6.07) is 0. The van der Waals surface area contributed by atoms with Crippen molar-refractivity contribution in [1.82, 2.24) is 0 Å². The molecule has 1 saturated carbocycles. The number of hydrogen-bond acceptors (Lipinski definition) is 4. The molecule has 2 heterocycles. The molecule has 0 N–H and O–H groups in total. The van der Waals surface area contributed by atoms with Crippen molar-refractivity contribution in [1.29, 1.82) is 0 Å². The van der Waals surface area contributed by atoms with Crippen molar-refractivity contribution in [3.63, 3.8) is 0 Å². The molecule has 3 rings (SSSR count). The van der Waals surface area contributed by atoms with Gasteiger partial charge in [0.1, 0.15) is 12.2 Å². The second-order valence-corrected chi connectivity index (χ2v) is 3.57. The Morgan fingerprint density at radius 3 is 3.08 bits per heavy atom. The van der Waals surface area contributed by atoms with E-state index in [4.69, 9.17) is 9.47 Å². The maximum atomic E-state index is 11.2. The highest BCUT2D eigenvalue weighted by Gasteiger charge is 2.81. The Morgan fingerprint density at radius 1 is 1.50 bits per heavy atom. The van der Waals surface area contributed by atoms with Crippen molar-refractivity contribution >= 4 is 5.97 Å². The van der Waals surface area contributed by atoms with Crippen LogP contribution in [-0.4, -0.2) is 31.1 Å². The lowest BCUT2D eigenvalue weighted by Crippen LogP contribution is -2.27. The van der Waals surface area contributed by atoms with Crippen LogP contribution in [0.5, 0.6) is 0 Å². The van der Waals surface area contributed by atoms with Crippen LogP contribution in [0.3, 0.4) is 0 Å². The van der Waals surface area contributed by atoms with Gasteiger partial charge in [-0.1, -0.05) is 0 Å². The molecule has 0 aromatic carbocycles. The van der Waals surface area contributed by atoms with Gasteiger partial charge >= 0.3 is 5.97 Å². The molecule has 4 unspecified atom stereocenters. The number of carbonyl (C=O) groups is 1. The highest BCUT2D eigenvalue weighted by molar-refractivity contribution is 5.74. The standard InChI is InChI=1S/C8H10O4/c1-10-7(9)4-2-3-5-8(11-5)6(4)12-8/h4-6H,2-3H2,1H3. The first-order valence-corrected chi connectivity index (χ1v) is 4.21. The van der Waals surface area contributed by atoms with Crippen LogP contribution in [0.4, 0.5) is 0 Å². The maximum Gasteiger partial charge on any atom is 0.311 e. The number of hydrogen-bond donors (Lipinski definition) is 0. The average Bonchev–Trinajstić information content (AvgIpc) is 2.91. The lowest BCUT2D eigenvalue weighted by atomic mass is 9.89. The maximum absolute atomic E-state index is 11.2. The molecule has 3 fully saturated rings. The summed E-state index contributed by atoms with van der Waals surface area (Å²) >= 11 is 0. The molecule has 4 atom stereocenters. The van der Waals surface area contributed by atoms with Crippen LogP contribution < -0.4 is 0 Å². The number of methoxy groups -OCH3 is 1. The smallest absolute Gasteiger partial charge is 0.311 e. The van der Waals surface area contributed by atoms with Crippen LogP contribution >= 0.6 is 0 Å². The first kappa shape index (κ1) is 6.86. The van der Waals surface area contributed by atoms with Gasteiger partial charge in [0.25, 0.3) is 0 Å². The van der Waals surface area contributed by atoms with Crippen LogP contribution in [-0.2, 0) is 19.0 Å². The van der Waals surface area contributed by atoms with E-state index in [0.29, 0.717) is 0 Å². The average molecular weight is 170 g/mol. The number of epoxide rings is 2. The molecular weight excluding hydrogens is 160 g/mol. The summed E-state index contributed by atoms with van der Waals surface area (Å²) in [5.74, 6) is -0.587.